The molecule has 0 heterocycles. The number of carboxylic acids is 1. The molecule has 120 valence electrons. The predicted octanol–water partition coefficient (Wildman–Crippen LogP) is 3.40. The minimum atomic E-state index is -1.12. The molecule has 0 aromatic heterocycles. The van der Waals surface area contributed by atoms with Crippen LogP contribution in [0.15, 0.2) is 54.6 Å². The first-order valence-corrected chi connectivity index (χ1v) is 7.23. The van der Waals surface area contributed by atoms with Crippen molar-refractivity contribution >= 4 is 12.1 Å². The zero-order valence-electron chi connectivity index (χ0n) is 13.1. The minimum absolute atomic E-state index is 0.470. The van der Waals surface area contributed by atoms with Gasteiger partial charge in [-0.1, -0.05) is 54.6 Å². The topological polar surface area (TPSA) is 75.6 Å². The number of carboxylic acid groups (broad SMARTS) is 1. The SMILES string of the molecule is CC(C)(OC(=O)NCC(=O)O)c1ccc(-c2ccccc2)cc1. The van der Waals surface area contributed by atoms with Gasteiger partial charge in [-0.2, -0.15) is 0 Å². The number of aliphatic carboxylic acids is 1. The lowest BCUT2D eigenvalue weighted by molar-refractivity contribution is -0.136. The number of amides is 1. The Morgan fingerprint density at radius 1 is 1.00 bits per heavy atom. The van der Waals surface area contributed by atoms with E-state index in [1.807, 2.05) is 54.6 Å². The largest absolute Gasteiger partial charge is 0.480 e. The van der Waals surface area contributed by atoms with Crippen LogP contribution in [0, 0.1) is 0 Å². The third-order valence-corrected chi connectivity index (χ3v) is 3.42. The standard InChI is InChI=1S/C18H19NO4/c1-18(2,23-17(22)19-12-16(20)21)15-10-8-14(9-11-15)13-6-4-3-5-7-13/h3-11H,12H2,1-2H3,(H,19,22)(H,20,21). The number of alkyl carbamates (subject to hydrolysis) is 1. The molecule has 5 nitrogen and oxygen atoms in total. The zero-order valence-corrected chi connectivity index (χ0v) is 13.1. The van der Waals surface area contributed by atoms with Crippen LogP contribution in [-0.2, 0) is 15.1 Å². The van der Waals surface area contributed by atoms with Gasteiger partial charge in [-0.25, -0.2) is 4.79 Å². The zero-order chi connectivity index (χ0) is 16.9. The van der Waals surface area contributed by atoms with Gasteiger partial charge in [0.15, 0.2) is 0 Å². The van der Waals surface area contributed by atoms with Crippen LogP contribution in [0.2, 0.25) is 0 Å². The Labute approximate surface area is 134 Å². The van der Waals surface area contributed by atoms with Gasteiger partial charge in [0.2, 0.25) is 0 Å². The fourth-order valence-electron chi connectivity index (χ4n) is 2.17. The van der Waals surface area contributed by atoms with Crippen LogP contribution in [0.1, 0.15) is 19.4 Å². The van der Waals surface area contributed by atoms with E-state index >= 15 is 0 Å². The summed E-state index contributed by atoms with van der Waals surface area (Å²) in [6.07, 6.45) is -0.760. The molecule has 0 radical (unpaired) electrons. The normalized spacial score (nSPS) is 10.9. The summed E-state index contributed by atoms with van der Waals surface area (Å²) in [6, 6.07) is 17.7. The maximum absolute atomic E-state index is 11.6. The number of benzene rings is 2. The summed E-state index contributed by atoms with van der Waals surface area (Å²) in [6.45, 7) is 3.04. The fourth-order valence-corrected chi connectivity index (χ4v) is 2.17. The van der Waals surface area contributed by atoms with Gasteiger partial charge in [-0.05, 0) is 30.5 Å². The molecule has 1 amide bonds. The van der Waals surface area contributed by atoms with E-state index in [1.165, 1.54) is 0 Å². The van der Waals surface area contributed by atoms with E-state index in [9.17, 15) is 9.59 Å². The Bertz CT molecular complexity index is 678. The van der Waals surface area contributed by atoms with Gasteiger partial charge < -0.3 is 15.2 Å². The monoisotopic (exact) mass is 313 g/mol. The van der Waals surface area contributed by atoms with Crippen molar-refractivity contribution in [3.63, 3.8) is 0 Å². The highest BCUT2D eigenvalue weighted by Gasteiger charge is 2.25. The molecular formula is C18H19NO4. The number of hydrogen-bond donors (Lipinski definition) is 2. The number of nitrogens with one attached hydrogen (secondary N) is 1. The Balaban J connectivity index is 2.08. The van der Waals surface area contributed by atoms with Crippen molar-refractivity contribution in [3.8, 4) is 11.1 Å². The Morgan fingerprint density at radius 2 is 1.57 bits per heavy atom. The molecule has 0 fully saturated rings. The Kier molecular flexibility index (Phi) is 5.01. The van der Waals surface area contributed by atoms with E-state index in [4.69, 9.17) is 9.84 Å². The maximum Gasteiger partial charge on any atom is 0.408 e. The van der Waals surface area contributed by atoms with Crippen LogP contribution in [-0.4, -0.2) is 23.7 Å². The van der Waals surface area contributed by atoms with Crippen molar-refractivity contribution in [2.75, 3.05) is 6.54 Å². The van der Waals surface area contributed by atoms with Crippen molar-refractivity contribution < 1.29 is 19.4 Å². The first-order valence-electron chi connectivity index (χ1n) is 7.23. The molecule has 0 bridgehead atoms. The molecule has 0 saturated carbocycles. The van der Waals surface area contributed by atoms with Crippen LogP contribution >= 0.6 is 0 Å². The number of carbonyl (C=O) groups excluding carboxylic acids is 1. The molecular weight excluding hydrogens is 294 g/mol. The van der Waals surface area contributed by atoms with E-state index in [0.29, 0.717) is 0 Å². The molecule has 0 atom stereocenters. The lowest BCUT2D eigenvalue weighted by Gasteiger charge is -2.25. The minimum Gasteiger partial charge on any atom is -0.480 e. The van der Waals surface area contributed by atoms with Gasteiger partial charge in [0.1, 0.15) is 12.1 Å². The highest BCUT2D eigenvalue weighted by molar-refractivity contribution is 5.76. The summed E-state index contributed by atoms with van der Waals surface area (Å²) >= 11 is 0. The van der Waals surface area contributed by atoms with E-state index in [2.05, 4.69) is 5.32 Å². The number of ether oxygens (including phenoxy) is 1. The molecule has 0 aliphatic carbocycles. The van der Waals surface area contributed by atoms with Gasteiger partial charge in [0, 0.05) is 0 Å². The molecule has 2 rings (SSSR count). The first-order chi connectivity index (χ1) is 10.9. The molecule has 23 heavy (non-hydrogen) atoms. The van der Waals surface area contributed by atoms with Gasteiger partial charge in [-0.15, -0.1) is 0 Å². The van der Waals surface area contributed by atoms with Gasteiger partial charge >= 0.3 is 12.1 Å². The molecule has 0 saturated heterocycles. The van der Waals surface area contributed by atoms with Crippen LogP contribution in [0.3, 0.4) is 0 Å². The molecule has 2 aromatic carbocycles. The second-order valence-electron chi connectivity index (χ2n) is 5.59. The average Bonchev–Trinajstić information content (AvgIpc) is 2.53. The molecule has 2 N–H and O–H groups in total. The summed E-state index contributed by atoms with van der Waals surface area (Å²) in [7, 11) is 0. The highest BCUT2D eigenvalue weighted by atomic mass is 16.6. The van der Waals surface area contributed by atoms with E-state index in [0.717, 1.165) is 16.7 Å². The lowest BCUT2D eigenvalue weighted by Crippen LogP contribution is -2.35. The quantitative estimate of drug-likeness (QED) is 0.887. The molecule has 0 aliphatic heterocycles. The molecule has 0 aliphatic rings. The van der Waals surface area contributed by atoms with E-state index in [-0.39, 0.29) is 0 Å². The Morgan fingerprint density at radius 3 is 2.13 bits per heavy atom. The van der Waals surface area contributed by atoms with Crippen LogP contribution in [0.5, 0.6) is 0 Å². The summed E-state index contributed by atoms with van der Waals surface area (Å²) < 4.78 is 5.31. The van der Waals surface area contributed by atoms with Crippen LogP contribution < -0.4 is 5.32 Å². The molecule has 0 unspecified atom stereocenters. The first kappa shape index (κ1) is 16.5. The summed E-state index contributed by atoms with van der Waals surface area (Å²) in [5.74, 6) is -1.12. The van der Waals surface area contributed by atoms with Gasteiger partial charge in [0.25, 0.3) is 0 Å². The maximum atomic E-state index is 11.6. The van der Waals surface area contributed by atoms with Crippen molar-refractivity contribution in [2.24, 2.45) is 0 Å². The third kappa shape index (κ3) is 4.57. The predicted molar refractivity (Wildman–Crippen MR) is 87.0 cm³/mol. The van der Waals surface area contributed by atoms with E-state index in [1.54, 1.807) is 13.8 Å². The van der Waals surface area contributed by atoms with Crippen molar-refractivity contribution in [3.05, 3.63) is 60.2 Å². The fraction of sp³-hybridized carbons (Fsp3) is 0.222. The van der Waals surface area contributed by atoms with Gasteiger partial charge in [0.05, 0.1) is 0 Å². The summed E-state index contributed by atoms with van der Waals surface area (Å²) in [5, 5.41) is 10.7. The second kappa shape index (κ2) is 6.96. The molecule has 0 spiro atoms. The van der Waals surface area contributed by atoms with Crippen LogP contribution in [0.25, 0.3) is 11.1 Å². The molecule has 5 heteroatoms. The smallest absolute Gasteiger partial charge is 0.408 e. The number of rotatable bonds is 5. The average molecular weight is 313 g/mol. The number of hydrogen-bond acceptors (Lipinski definition) is 3. The van der Waals surface area contributed by atoms with Gasteiger partial charge in [-0.3, -0.25) is 4.79 Å². The third-order valence-electron chi connectivity index (χ3n) is 3.42. The summed E-state index contributed by atoms with van der Waals surface area (Å²) in [5.41, 5.74) is 2.14. The molecule has 2 aromatic rings. The van der Waals surface area contributed by atoms with Crippen molar-refractivity contribution in [1.29, 1.82) is 0 Å². The summed E-state index contributed by atoms with van der Waals surface area (Å²) in [4.78, 5) is 22.1. The second-order valence-corrected chi connectivity index (χ2v) is 5.59. The van der Waals surface area contributed by atoms with E-state index < -0.39 is 24.2 Å². The van der Waals surface area contributed by atoms with Crippen molar-refractivity contribution in [2.45, 2.75) is 19.4 Å². The highest BCUT2D eigenvalue weighted by Crippen LogP contribution is 2.27. The van der Waals surface area contributed by atoms with Crippen molar-refractivity contribution in [1.82, 2.24) is 5.32 Å². The Hall–Kier alpha value is -2.82. The lowest BCUT2D eigenvalue weighted by atomic mass is 9.95. The number of carbonyl (C=O) groups is 2. The van der Waals surface area contributed by atoms with Crippen LogP contribution in [0.4, 0.5) is 4.79 Å².